The van der Waals surface area contributed by atoms with Crippen LogP contribution in [0.1, 0.15) is 32.6 Å². The summed E-state index contributed by atoms with van der Waals surface area (Å²) < 4.78 is 11.2. The summed E-state index contributed by atoms with van der Waals surface area (Å²) in [7, 11) is 1.68. The molecule has 1 unspecified atom stereocenters. The summed E-state index contributed by atoms with van der Waals surface area (Å²) >= 11 is 0. The Balaban J connectivity index is 1.88. The Morgan fingerprint density at radius 3 is 2.78 bits per heavy atom. The largest absolute Gasteiger partial charge is 0.497 e. The first-order valence-electron chi connectivity index (χ1n) is 6.86. The van der Waals surface area contributed by atoms with E-state index in [0.717, 1.165) is 36.9 Å². The Labute approximate surface area is 109 Å². The van der Waals surface area contributed by atoms with E-state index in [1.807, 2.05) is 24.3 Å². The summed E-state index contributed by atoms with van der Waals surface area (Å²) in [5.74, 6) is 1.74. The topological polar surface area (TPSA) is 30.5 Å². The molecule has 1 saturated carbocycles. The van der Waals surface area contributed by atoms with Gasteiger partial charge in [0.2, 0.25) is 0 Å². The van der Waals surface area contributed by atoms with Crippen LogP contribution >= 0.6 is 0 Å². The lowest BCUT2D eigenvalue weighted by Gasteiger charge is -2.19. The summed E-state index contributed by atoms with van der Waals surface area (Å²) in [6.45, 7) is 3.13. The highest BCUT2D eigenvalue weighted by Crippen LogP contribution is 2.22. The minimum atomic E-state index is 0.253. The number of rotatable bonds is 8. The highest BCUT2D eigenvalue weighted by atomic mass is 16.5. The number of benzene rings is 1. The number of hydrogen-bond acceptors (Lipinski definition) is 3. The Morgan fingerprint density at radius 1 is 1.33 bits per heavy atom. The second kappa shape index (κ2) is 6.64. The molecule has 3 nitrogen and oxygen atoms in total. The monoisotopic (exact) mass is 249 g/mol. The average molecular weight is 249 g/mol. The van der Waals surface area contributed by atoms with Crippen LogP contribution in [0.2, 0.25) is 0 Å². The second-order valence-electron chi connectivity index (χ2n) is 4.89. The lowest BCUT2D eigenvalue weighted by molar-refractivity contribution is 0.185. The maximum absolute atomic E-state index is 6.03. The zero-order valence-corrected chi connectivity index (χ0v) is 11.3. The first-order valence-corrected chi connectivity index (χ1v) is 6.86. The highest BCUT2D eigenvalue weighted by Gasteiger charge is 2.22. The van der Waals surface area contributed by atoms with Gasteiger partial charge in [0, 0.05) is 18.7 Å². The molecule has 0 aromatic heterocycles. The molecule has 0 saturated heterocycles. The van der Waals surface area contributed by atoms with E-state index in [4.69, 9.17) is 9.47 Å². The van der Waals surface area contributed by atoms with Crippen molar-refractivity contribution in [2.45, 2.75) is 44.8 Å². The molecule has 3 heteroatoms. The maximum atomic E-state index is 6.03. The molecule has 1 atom stereocenters. The normalized spacial score (nSPS) is 16.3. The Morgan fingerprint density at radius 2 is 2.11 bits per heavy atom. The van der Waals surface area contributed by atoms with Gasteiger partial charge in [-0.1, -0.05) is 19.4 Å². The lowest BCUT2D eigenvalue weighted by Crippen LogP contribution is -2.32. The summed E-state index contributed by atoms with van der Waals surface area (Å²) in [6, 6.07) is 8.57. The molecule has 1 N–H and O–H groups in total. The van der Waals surface area contributed by atoms with E-state index in [1.54, 1.807) is 7.11 Å². The van der Waals surface area contributed by atoms with E-state index in [0.29, 0.717) is 0 Å². The van der Waals surface area contributed by atoms with Crippen LogP contribution in [0.4, 0.5) is 0 Å². The molecular weight excluding hydrogens is 226 g/mol. The SMILES string of the molecule is CCCC(CNC1CC1)Oc1cccc(OC)c1. The minimum Gasteiger partial charge on any atom is -0.497 e. The first-order chi connectivity index (χ1) is 8.81. The van der Waals surface area contributed by atoms with E-state index < -0.39 is 0 Å². The average Bonchev–Trinajstić information content (AvgIpc) is 3.20. The van der Waals surface area contributed by atoms with Crippen LogP contribution in [0.3, 0.4) is 0 Å². The Kier molecular flexibility index (Phi) is 4.88. The summed E-state index contributed by atoms with van der Waals surface area (Å²) in [6.07, 6.45) is 5.11. The van der Waals surface area contributed by atoms with Crippen LogP contribution < -0.4 is 14.8 Å². The van der Waals surface area contributed by atoms with Crippen molar-refractivity contribution in [1.82, 2.24) is 5.32 Å². The van der Waals surface area contributed by atoms with E-state index >= 15 is 0 Å². The molecule has 1 aromatic rings. The van der Waals surface area contributed by atoms with Crippen molar-refractivity contribution in [3.05, 3.63) is 24.3 Å². The van der Waals surface area contributed by atoms with E-state index in [1.165, 1.54) is 12.8 Å². The van der Waals surface area contributed by atoms with Gasteiger partial charge in [-0.05, 0) is 31.4 Å². The third-order valence-corrected chi connectivity index (χ3v) is 3.17. The van der Waals surface area contributed by atoms with Crippen molar-refractivity contribution in [3.8, 4) is 11.5 Å². The van der Waals surface area contributed by atoms with E-state index in [-0.39, 0.29) is 6.10 Å². The van der Waals surface area contributed by atoms with Gasteiger partial charge in [0.1, 0.15) is 17.6 Å². The van der Waals surface area contributed by atoms with Gasteiger partial charge in [-0.3, -0.25) is 0 Å². The van der Waals surface area contributed by atoms with Gasteiger partial charge in [-0.15, -0.1) is 0 Å². The van der Waals surface area contributed by atoms with E-state index in [9.17, 15) is 0 Å². The predicted octanol–water partition coefficient (Wildman–Crippen LogP) is 2.99. The third kappa shape index (κ3) is 4.22. The quantitative estimate of drug-likeness (QED) is 0.768. The van der Waals surface area contributed by atoms with Gasteiger partial charge in [0.15, 0.2) is 0 Å². The van der Waals surface area contributed by atoms with Gasteiger partial charge < -0.3 is 14.8 Å². The molecule has 0 heterocycles. The zero-order chi connectivity index (χ0) is 12.8. The standard InChI is InChI=1S/C15H23NO2/c1-3-5-15(11-16-12-8-9-12)18-14-7-4-6-13(10-14)17-2/h4,6-7,10,12,15-16H,3,5,8-9,11H2,1-2H3. The maximum Gasteiger partial charge on any atom is 0.123 e. The molecule has 2 rings (SSSR count). The van der Waals surface area contributed by atoms with Gasteiger partial charge >= 0.3 is 0 Å². The fourth-order valence-electron chi connectivity index (χ4n) is 1.98. The molecular formula is C15H23NO2. The molecule has 0 bridgehead atoms. The minimum absolute atomic E-state index is 0.253. The second-order valence-corrected chi connectivity index (χ2v) is 4.89. The number of nitrogens with one attached hydrogen (secondary N) is 1. The molecule has 1 aliphatic rings. The summed E-state index contributed by atoms with van der Waals surface area (Å²) in [5, 5.41) is 3.53. The molecule has 18 heavy (non-hydrogen) atoms. The zero-order valence-electron chi connectivity index (χ0n) is 11.3. The summed E-state index contributed by atoms with van der Waals surface area (Å²) in [5.41, 5.74) is 0. The Hall–Kier alpha value is -1.22. The van der Waals surface area contributed by atoms with E-state index in [2.05, 4.69) is 12.2 Å². The molecule has 1 fully saturated rings. The smallest absolute Gasteiger partial charge is 0.123 e. The van der Waals surface area contributed by atoms with Gasteiger partial charge in [0.05, 0.1) is 7.11 Å². The molecule has 1 aromatic carbocycles. The van der Waals surface area contributed by atoms with Crippen molar-refractivity contribution in [3.63, 3.8) is 0 Å². The van der Waals surface area contributed by atoms with Crippen molar-refractivity contribution in [2.75, 3.05) is 13.7 Å². The number of hydrogen-bond donors (Lipinski definition) is 1. The molecule has 0 aliphatic heterocycles. The van der Waals surface area contributed by atoms with Crippen LogP contribution in [-0.4, -0.2) is 25.8 Å². The van der Waals surface area contributed by atoms with Crippen LogP contribution in [0.5, 0.6) is 11.5 Å². The third-order valence-electron chi connectivity index (χ3n) is 3.17. The molecule has 0 radical (unpaired) electrons. The summed E-state index contributed by atoms with van der Waals surface area (Å²) in [4.78, 5) is 0. The van der Waals surface area contributed by atoms with Crippen molar-refractivity contribution >= 4 is 0 Å². The van der Waals surface area contributed by atoms with Crippen molar-refractivity contribution in [2.24, 2.45) is 0 Å². The van der Waals surface area contributed by atoms with Gasteiger partial charge in [-0.2, -0.15) is 0 Å². The fourth-order valence-corrected chi connectivity index (χ4v) is 1.98. The van der Waals surface area contributed by atoms with Gasteiger partial charge in [-0.25, -0.2) is 0 Å². The van der Waals surface area contributed by atoms with Crippen LogP contribution in [-0.2, 0) is 0 Å². The predicted molar refractivity (Wildman–Crippen MR) is 73.3 cm³/mol. The van der Waals surface area contributed by atoms with Crippen LogP contribution in [0.25, 0.3) is 0 Å². The molecule has 1 aliphatic carbocycles. The fraction of sp³-hybridized carbons (Fsp3) is 0.600. The lowest BCUT2D eigenvalue weighted by atomic mass is 10.2. The number of ether oxygens (including phenoxy) is 2. The van der Waals surface area contributed by atoms with Crippen molar-refractivity contribution < 1.29 is 9.47 Å². The highest BCUT2D eigenvalue weighted by molar-refractivity contribution is 5.32. The molecule has 0 amide bonds. The van der Waals surface area contributed by atoms with Crippen LogP contribution in [0.15, 0.2) is 24.3 Å². The molecule has 0 spiro atoms. The van der Waals surface area contributed by atoms with Crippen molar-refractivity contribution in [1.29, 1.82) is 0 Å². The first kappa shape index (κ1) is 13.2. The number of methoxy groups -OCH3 is 1. The van der Waals surface area contributed by atoms with Crippen LogP contribution in [0, 0.1) is 0 Å². The van der Waals surface area contributed by atoms with Gasteiger partial charge in [0.25, 0.3) is 0 Å². The Bertz CT molecular complexity index is 363. The molecule has 100 valence electrons.